The van der Waals surface area contributed by atoms with Gasteiger partial charge in [0, 0.05) is 6.07 Å². The Morgan fingerprint density at radius 3 is 2.87 bits per heavy atom. The van der Waals surface area contributed by atoms with E-state index in [9.17, 15) is 14.0 Å². The van der Waals surface area contributed by atoms with Gasteiger partial charge >= 0.3 is 5.97 Å². The maximum Gasteiger partial charge on any atom is 0.358 e. The third kappa shape index (κ3) is 4.50. The smallest absolute Gasteiger partial charge is 0.358 e. The zero-order valence-corrected chi connectivity index (χ0v) is 12.3. The van der Waals surface area contributed by atoms with Crippen LogP contribution in [0.25, 0.3) is 0 Å². The third-order valence-corrected chi connectivity index (χ3v) is 2.74. The van der Waals surface area contributed by atoms with Gasteiger partial charge < -0.3 is 15.2 Å². The van der Waals surface area contributed by atoms with Gasteiger partial charge in [-0.05, 0) is 18.6 Å². The first-order valence-electron chi connectivity index (χ1n) is 6.85. The maximum absolute atomic E-state index is 13.3. The van der Waals surface area contributed by atoms with Gasteiger partial charge in [-0.3, -0.25) is 4.79 Å². The topological polar surface area (TPSA) is 106 Å². The number of carboxylic acid groups (broad SMARTS) is 1. The van der Waals surface area contributed by atoms with Crippen LogP contribution in [0.3, 0.4) is 0 Å². The molecular formula is C14H15FN4O4. The molecule has 1 amide bonds. The Hall–Kier alpha value is -2.97. The van der Waals surface area contributed by atoms with E-state index in [0.29, 0.717) is 12.3 Å². The third-order valence-electron chi connectivity index (χ3n) is 2.74. The summed E-state index contributed by atoms with van der Waals surface area (Å²) in [6.45, 7) is 2.06. The minimum atomic E-state index is -1.23. The van der Waals surface area contributed by atoms with Gasteiger partial charge in [0.15, 0.2) is 5.69 Å². The lowest BCUT2D eigenvalue weighted by Gasteiger charge is -2.12. The van der Waals surface area contributed by atoms with Crippen molar-refractivity contribution in [3.05, 3.63) is 35.9 Å². The number of hydrogen-bond donors (Lipinski definition) is 2. The van der Waals surface area contributed by atoms with Crippen LogP contribution in [0.4, 0.5) is 10.1 Å². The van der Waals surface area contributed by atoms with Crippen LogP contribution in [0.2, 0.25) is 0 Å². The first-order valence-corrected chi connectivity index (χ1v) is 6.85. The number of amides is 1. The van der Waals surface area contributed by atoms with Crippen molar-refractivity contribution in [1.29, 1.82) is 0 Å². The molecular weight excluding hydrogens is 307 g/mol. The Balaban J connectivity index is 2.05. The second-order valence-electron chi connectivity index (χ2n) is 4.64. The monoisotopic (exact) mass is 322 g/mol. The number of halogens is 1. The number of carbonyl (C=O) groups excluding carboxylic acids is 1. The van der Waals surface area contributed by atoms with Gasteiger partial charge in [0.05, 0.1) is 18.5 Å². The number of anilines is 1. The van der Waals surface area contributed by atoms with Gasteiger partial charge in [-0.15, -0.1) is 5.10 Å². The summed E-state index contributed by atoms with van der Waals surface area (Å²) in [5.41, 5.74) is 0.0648. The van der Waals surface area contributed by atoms with E-state index in [1.807, 2.05) is 6.92 Å². The largest absolute Gasteiger partial charge is 0.491 e. The van der Waals surface area contributed by atoms with Crippen molar-refractivity contribution in [3.63, 3.8) is 0 Å². The molecule has 23 heavy (non-hydrogen) atoms. The van der Waals surface area contributed by atoms with Crippen molar-refractivity contribution >= 4 is 17.6 Å². The number of ether oxygens (including phenoxy) is 1. The number of aromatic carboxylic acids is 1. The molecule has 122 valence electrons. The zero-order chi connectivity index (χ0) is 16.8. The van der Waals surface area contributed by atoms with Crippen molar-refractivity contribution in [2.24, 2.45) is 0 Å². The molecule has 9 heteroatoms. The van der Waals surface area contributed by atoms with E-state index in [4.69, 9.17) is 9.84 Å². The average molecular weight is 322 g/mol. The number of benzene rings is 1. The quantitative estimate of drug-likeness (QED) is 0.801. The first kappa shape index (κ1) is 16.4. The predicted octanol–water partition coefficient (Wildman–Crippen LogP) is 1.54. The summed E-state index contributed by atoms with van der Waals surface area (Å²) in [5, 5.41) is 18.3. The van der Waals surface area contributed by atoms with Crippen molar-refractivity contribution in [1.82, 2.24) is 15.0 Å². The summed E-state index contributed by atoms with van der Waals surface area (Å²) in [6.07, 6.45) is 1.88. The lowest BCUT2D eigenvalue weighted by molar-refractivity contribution is -0.116. The fourth-order valence-corrected chi connectivity index (χ4v) is 1.74. The Morgan fingerprint density at radius 2 is 2.22 bits per heavy atom. The van der Waals surface area contributed by atoms with Gasteiger partial charge in [-0.1, -0.05) is 12.1 Å². The summed E-state index contributed by atoms with van der Waals surface area (Å²) in [4.78, 5) is 22.7. The molecule has 1 aromatic carbocycles. The standard InChI is InChI=1S/C14H15FN4O4/c1-2-5-23-12-6-9(15)3-4-10(12)16-13(20)8-19-7-11(14(21)22)17-18-19/h3-4,6-7H,2,5,8H2,1H3,(H,16,20)(H,21,22). The number of aromatic nitrogens is 3. The van der Waals surface area contributed by atoms with Crippen molar-refractivity contribution < 1.29 is 23.8 Å². The Labute approximate surface area is 130 Å². The van der Waals surface area contributed by atoms with Crippen LogP contribution in [-0.4, -0.2) is 38.6 Å². The molecule has 2 aromatic rings. The molecule has 0 saturated heterocycles. The van der Waals surface area contributed by atoms with E-state index >= 15 is 0 Å². The summed E-state index contributed by atoms with van der Waals surface area (Å²) in [7, 11) is 0. The van der Waals surface area contributed by atoms with Crippen LogP contribution >= 0.6 is 0 Å². The minimum Gasteiger partial charge on any atom is -0.491 e. The molecule has 0 atom stereocenters. The molecule has 8 nitrogen and oxygen atoms in total. The SMILES string of the molecule is CCCOc1cc(F)ccc1NC(=O)Cn1cc(C(=O)O)nn1. The van der Waals surface area contributed by atoms with Crippen LogP contribution in [0.5, 0.6) is 5.75 Å². The van der Waals surface area contributed by atoms with Crippen molar-refractivity contribution in [3.8, 4) is 5.75 Å². The van der Waals surface area contributed by atoms with E-state index < -0.39 is 17.7 Å². The molecule has 0 bridgehead atoms. The van der Waals surface area contributed by atoms with Crippen LogP contribution in [0.15, 0.2) is 24.4 Å². The molecule has 1 heterocycles. The fraction of sp³-hybridized carbons (Fsp3) is 0.286. The Bertz CT molecular complexity index is 717. The molecule has 0 aliphatic rings. The second-order valence-corrected chi connectivity index (χ2v) is 4.64. The van der Waals surface area contributed by atoms with Gasteiger partial charge in [0.25, 0.3) is 0 Å². The van der Waals surface area contributed by atoms with E-state index in [0.717, 1.165) is 17.3 Å². The van der Waals surface area contributed by atoms with E-state index in [1.165, 1.54) is 18.2 Å². The summed E-state index contributed by atoms with van der Waals surface area (Å²) >= 11 is 0. The molecule has 1 aromatic heterocycles. The highest BCUT2D eigenvalue weighted by Gasteiger charge is 2.13. The number of carboxylic acids is 1. The van der Waals surface area contributed by atoms with Gasteiger partial charge in [0.1, 0.15) is 18.1 Å². The van der Waals surface area contributed by atoms with Crippen molar-refractivity contribution in [2.75, 3.05) is 11.9 Å². The number of nitrogens with zero attached hydrogens (tertiary/aromatic N) is 3. The van der Waals surface area contributed by atoms with Gasteiger partial charge in [0.2, 0.25) is 5.91 Å². The molecule has 0 fully saturated rings. The number of rotatable bonds is 7. The molecule has 0 aliphatic carbocycles. The summed E-state index contributed by atoms with van der Waals surface area (Å²) in [6, 6.07) is 3.78. The molecule has 0 aliphatic heterocycles. The molecule has 2 rings (SSSR count). The highest BCUT2D eigenvalue weighted by Crippen LogP contribution is 2.25. The molecule has 2 N–H and O–H groups in total. The highest BCUT2D eigenvalue weighted by atomic mass is 19.1. The van der Waals surface area contributed by atoms with Crippen LogP contribution < -0.4 is 10.1 Å². The normalized spacial score (nSPS) is 10.3. The minimum absolute atomic E-state index is 0.227. The van der Waals surface area contributed by atoms with Gasteiger partial charge in [-0.25, -0.2) is 13.9 Å². The van der Waals surface area contributed by atoms with Crippen molar-refractivity contribution in [2.45, 2.75) is 19.9 Å². The molecule has 0 spiro atoms. The van der Waals surface area contributed by atoms with Gasteiger partial charge in [-0.2, -0.15) is 0 Å². The average Bonchev–Trinajstić information content (AvgIpc) is 2.96. The summed E-state index contributed by atoms with van der Waals surface area (Å²) < 4.78 is 19.7. The van der Waals surface area contributed by atoms with Crippen LogP contribution in [0.1, 0.15) is 23.8 Å². The van der Waals surface area contributed by atoms with Crippen LogP contribution in [-0.2, 0) is 11.3 Å². The number of hydrogen-bond acceptors (Lipinski definition) is 5. The van der Waals surface area contributed by atoms with E-state index in [-0.39, 0.29) is 18.0 Å². The lowest BCUT2D eigenvalue weighted by Crippen LogP contribution is -2.19. The second kappa shape index (κ2) is 7.34. The predicted molar refractivity (Wildman–Crippen MR) is 77.8 cm³/mol. The van der Waals surface area contributed by atoms with Crippen LogP contribution in [0, 0.1) is 5.82 Å². The van der Waals surface area contributed by atoms with E-state index in [1.54, 1.807) is 0 Å². The summed E-state index contributed by atoms with van der Waals surface area (Å²) in [5.74, 6) is -1.95. The molecule has 0 saturated carbocycles. The Morgan fingerprint density at radius 1 is 1.43 bits per heavy atom. The number of carbonyl (C=O) groups is 2. The molecule has 0 radical (unpaired) electrons. The highest BCUT2D eigenvalue weighted by molar-refractivity contribution is 5.92. The first-order chi connectivity index (χ1) is 11.0. The molecule has 0 unspecified atom stereocenters. The zero-order valence-electron chi connectivity index (χ0n) is 12.3. The maximum atomic E-state index is 13.3. The lowest BCUT2D eigenvalue weighted by atomic mass is 10.2. The fourth-order valence-electron chi connectivity index (χ4n) is 1.74. The van der Waals surface area contributed by atoms with E-state index in [2.05, 4.69) is 15.6 Å². The number of nitrogens with one attached hydrogen (secondary N) is 1. The Kier molecular flexibility index (Phi) is 5.23.